The molecule has 0 saturated carbocycles. The quantitative estimate of drug-likeness (QED) is 0.149. The highest BCUT2D eigenvalue weighted by Gasteiger charge is 2.07. The number of aliphatic imine (C=N–C) groups is 2. The van der Waals surface area contributed by atoms with Gasteiger partial charge in [0.15, 0.2) is 5.96 Å². The number of guanidine groups is 1. The van der Waals surface area contributed by atoms with Crippen molar-refractivity contribution < 1.29 is 4.74 Å². The Morgan fingerprint density at radius 3 is 2.30 bits per heavy atom. The van der Waals surface area contributed by atoms with Gasteiger partial charge in [-0.25, -0.2) is 4.98 Å². The lowest BCUT2D eigenvalue weighted by Gasteiger charge is -2.14. The van der Waals surface area contributed by atoms with Crippen molar-refractivity contribution in [3.63, 3.8) is 0 Å². The number of hydrogen-bond acceptors (Lipinski definition) is 6. The molecule has 0 aliphatic carbocycles. The van der Waals surface area contributed by atoms with Crippen LogP contribution in [-0.4, -0.2) is 48.7 Å². The molecule has 2 heterocycles. The fourth-order valence-electron chi connectivity index (χ4n) is 3.79. The van der Waals surface area contributed by atoms with E-state index in [0.717, 1.165) is 88.1 Å². The maximum atomic E-state index is 8.15. The smallest absolute Gasteiger partial charge is 0.213 e. The number of rotatable bonds is 18. The number of unbranched alkanes of at least 4 members (excludes halogenated alkanes) is 8. The highest BCUT2D eigenvalue weighted by Crippen LogP contribution is 2.13. The van der Waals surface area contributed by atoms with Crippen molar-refractivity contribution in [3.05, 3.63) is 23.9 Å². The molecule has 1 aliphatic rings. The van der Waals surface area contributed by atoms with E-state index in [1.807, 2.05) is 18.3 Å². The highest BCUT2D eigenvalue weighted by atomic mass is 16.5. The molecule has 184 valence electrons. The first-order chi connectivity index (χ1) is 16.1. The maximum Gasteiger partial charge on any atom is 0.213 e. The first-order valence-electron chi connectivity index (χ1n) is 12.6. The van der Waals surface area contributed by atoms with Crippen LogP contribution in [0.25, 0.3) is 0 Å². The fourth-order valence-corrected chi connectivity index (χ4v) is 3.79. The van der Waals surface area contributed by atoms with Crippen molar-refractivity contribution in [1.82, 2.24) is 10.3 Å². The van der Waals surface area contributed by atoms with E-state index in [1.165, 1.54) is 32.1 Å². The molecule has 1 aromatic rings. The summed E-state index contributed by atoms with van der Waals surface area (Å²) in [6.07, 6.45) is 16.3. The summed E-state index contributed by atoms with van der Waals surface area (Å²) in [4.78, 5) is 12.9. The second-order valence-corrected chi connectivity index (χ2v) is 8.69. The third-order valence-corrected chi connectivity index (χ3v) is 5.71. The molecule has 1 aromatic heterocycles. The second-order valence-electron chi connectivity index (χ2n) is 8.69. The Kier molecular flexibility index (Phi) is 13.6. The first kappa shape index (κ1) is 26.6. The number of hydrogen-bond donors (Lipinski definition) is 4. The zero-order valence-corrected chi connectivity index (χ0v) is 20.2. The zero-order chi connectivity index (χ0) is 23.6. The minimum atomic E-state index is 0.188. The Labute approximate surface area is 199 Å². The van der Waals surface area contributed by atoms with E-state index in [2.05, 4.69) is 20.3 Å². The van der Waals surface area contributed by atoms with Crippen LogP contribution in [0.3, 0.4) is 0 Å². The van der Waals surface area contributed by atoms with E-state index >= 15 is 0 Å². The Hall–Kier alpha value is -2.64. The fraction of sp³-hybridized carbons (Fsp3) is 0.680. The van der Waals surface area contributed by atoms with Crippen LogP contribution in [0.2, 0.25) is 0 Å². The Balaban J connectivity index is 1.39. The van der Waals surface area contributed by atoms with Gasteiger partial charge < -0.3 is 26.9 Å². The van der Waals surface area contributed by atoms with Crippen LogP contribution >= 0.6 is 0 Å². The van der Waals surface area contributed by atoms with Crippen molar-refractivity contribution in [1.29, 1.82) is 5.41 Å². The Bertz CT molecular complexity index is 727. The van der Waals surface area contributed by atoms with E-state index in [0.29, 0.717) is 12.5 Å². The third-order valence-electron chi connectivity index (χ3n) is 5.71. The summed E-state index contributed by atoms with van der Waals surface area (Å²) >= 11 is 0. The summed E-state index contributed by atoms with van der Waals surface area (Å²) in [6, 6.07) is 3.92. The molecule has 8 heteroatoms. The number of pyridine rings is 1. The van der Waals surface area contributed by atoms with Gasteiger partial charge in [-0.3, -0.25) is 9.98 Å². The number of nitrogens with zero attached hydrogens (tertiary/aromatic N) is 3. The molecule has 8 nitrogen and oxygen atoms in total. The van der Waals surface area contributed by atoms with Crippen LogP contribution in [0.15, 0.2) is 28.3 Å². The molecule has 0 radical (unpaired) electrons. The minimum Gasteiger partial charge on any atom is -0.478 e. The van der Waals surface area contributed by atoms with E-state index < -0.39 is 0 Å². The molecule has 0 saturated heterocycles. The predicted octanol–water partition coefficient (Wildman–Crippen LogP) is 4.17. The van der Waals surface area contributed by atoms with E-state index in [-0.39, 0.29) is 5.96 Å². The van der Waals surface area contributed by atoms with Gasteiger partial charge in [0.25, 0.3) is 0 Å². The molecule has 0 atom stereocenters. The summed E-state index contributed by atoms with van der Waals surface area (Å²) in [5.41, 5.74) is 12.5. The van der Waals surface area contributed by atoms with Gasteiger partial charge in [-0.15, -0.1) is 0 Å². The number of amidine groups is 1. The monoisotopic (exact) mass is 457 g/mol. The van der Waals surface area contributed by atoms with Crippen molar-refractivity contribution in [2.45, 2.75) is 83.5 Å². The summed E-state index contributed by atoms with van der Waals surface area (Å²) in [5, 5.41) is 11.5. The van der Waals surface area contributed by atoms with E-state index in [9.17, 15) is 0 Å². The summed E-state index contributed by atoms with van der Waals surface area (Å²) < 4.78 is 5.76. The lowest BCUT2D eigenvalue weighted by Crippen LogP contribution is -2.30. The largest absolute Gasteiger partial charge is 0.478 e. The molecular weight excluding hydrogens is 414 g/mol. The van der Waals surface area contributed by atoms with Crippen LogP contribution in [0.4, 0.5) is 0 Å². The van der Waals surface area contributed by atoms with Crippen molar-refractivity contribution in [3.8, 4) is 5.88 Å². The van der Waals surface area contributed by atoms with E-state index in [1.54, 1.807) is 0 Å². The number of aromatic nitrogens is 1. The number of nitrogens with two attached hydrogens (primary N) is 2. The van der Waals surface area contributed by atoms with Crippen LogP contribution < -0.4 is 21.5 Å². The Morgan fingerprint density at radius 2 is 1.67 bits per heavy atom. The molecule has 0 unspecified atom stereocenters. The van der Waals surface area contributed by atoms with Crippen molar-refractivity contribution in [2.24, 2.45) is 21.5 Å². The van der Waals surface area contributed by atoms with Crippen LogP contribution in [-0.2, 0) is 0 Å². The highest BCUT2D eigenvalue weighted by molar-refractivity contribution is 5.98. The lowest BCUT2D eigenvalue weighted by molar-refractivity contribution is 0.294. The van der Waals surface area contributed by atoms with Crippen molar-refractivity contribution >= 4 is 17.5 Å². The van der Waals surface area contributed by atoms with Gasteiger partial charge in [0, 0.05) is 43.2 Å². The van der Waals surface area contributed by atoms with Gasteiger partial charge in [-0.05, 0) is 57.4 Å². The standard InChI is InChI=1S/C25H43N7O/c26-22(12-7-4-2-1-3-5-9-16-31-25(27)28)13-8-6-10-19-33-23-15-14-21(20-32-23)24-29-17-11-18-30-24/h14-15,20,26H,1-13,16-19H2,(H,29,30)(H4,27,28,31). The molecule has 2 rings (SSSR count). The lowest BCUT2D eigenvalue weighted by atomic mass is 10.0. The number of nitrogens with one attached hydrogen (secondary N) is 2. The third kappa shape index (κ3) is 12.8. The average Bonchev–Trinajstić information content (AvgIpc) is 2.83. The topological polar surface area (TPSA) is 135 Å². The molecule has 33 heavy (non-hydrogen) atoms. The average molecular weight is 458 g/mol. The van der Waals surface area contributed by atoms with Crippen LogP contribution in [0.5, 0.6) is 5.88 Å². The second kappa shape index (κ2) is 16.9. The molecular formula is C25H43N7O. The predicted molar refractivity (Wildman–Crippen MR) is 138 cm³/mol. The molecule has 0 bridgehead atoms. The SMILES string of the molecule is N=C(CCCCCCCCCN=C(N)N)CCCCCOc1ccc(C2=NCCCN2)cn1. The molecule has 6 N–H and O–H groups in total. The minimum absolute atomic E-state index is 0.188. The van der Waals surface area contributed by atoms with Gasteiger partial charge in [0.2, 0.25) is 5.88 Å². The van der Waals surface area contributed by atoms with Crippen LogP contribution in [0.1, 0.15) is 89.0 Å². The molecule has 1 aliphatic heterocycles. The summed E-state index contributed by atoms with van der Waals surface area (Å²) in [5.74, 6) is 1.78. The molecule has 0 amide bonds. The molecule has 0 fully saturated rings. The molecule has 0 aromatic carbocycles. The zero-order valence-electron chi connectivity index (χ0n) is 20.2. The van der Waals surface area contributed by atoms with Crippen LogP contribution in [0, 0.1) is 5.41 Å². The maximum absolute atomic E-state index is 8.15. The van der Waals surface area contributed by atoms with Crippen molar-refractivity contribution in [2.75, 3.05) is 26.2 Å². The summed E-state index contributed by atoms with van der Waals surface area (Å²) in [6.45, 7) is 3.26. The normalized spacial score (nSPS) is 13.2. The first-order valence-corrected chi connectivity index (χ1v) is 12.6. The van der Waals surface area contributed by atoms with Gasteiger partial charge in [-0.1, -0.05) is 32.1 Å². The number of ether oxygens (including phenoxy) is 1. The van der Waals surface area contributed by atoms with Gasteiger partial charge in [0.05, 0.1) is 6.61 Å². The molecule has 0 spiro atoms. The van der Waals surface area contributed by atoms with Gasteiger partial charge in [-0.2, -0.15) is 0 Å². The summed E-state index contributed by atoms with van der Waals surface area (Å²) in [7, 11) is 0. The van der Waals surface area contributed by atoms with Gasteiger partial charge in [0.1, 0.15) is 5.84 Å². The van der Waals surface area contributed by atoms with Gasteiger partial charge >= 0.3 is 0 Å². The Morgan fingerprint density at radius 1 is 0.970 bits per heavy atom. The van der Waals surface area contributed by atoms with E-state index in [4.69, 9.17) is 21.6 Å².